The molecule has 0 aliphatic carbocycles. The second-order valence-electron chi connectivity index (χ2n) is 5.14. The number of aryl methyl sites for hydroxylation is 1. The number of hydrogen-bond donors (Lipinski definition) is 1. The van der Waals surface area contributed by atoms with Crippen LogP contribution in [0.3, 0.4) is 0 Å². The second kappa shape index (κ2) is 5.99. The van der Waals surface area contributed by atoms with Gasteiger partial charge in [-0.25, -0.2) is 24.3 Å². The van der Waals surface area contributed by atoms with Crippen molar-refractivity contribution in [2.75, 3.05) is 23.3 Å². The lowest BCUT2D eigenvalue weighted by Gasteiger charge is -2.33. The Kier molecular flexibility index (Phi) is 3.89. The lowest BCUT2D eigenvalue weighted by Crippen LogP contribution is -2.40. The van der Waals surface area contributed by atoms with Crippen LogP contribution in [0, 0.1) is 12.7 Å². The van der Waals surface area contributed by atoms with Gasteiger partial charge >= 0.3 is 0 Å². The van der Waals surface area contributed by atoms with E-state index in [0.717, 1.165) is 37.4 Å². The molecular formula is C14H17FN6. The lowest BCUT2D eigenvalue weighted by atomic mass is 10.1. The molecule has 0 spiro atoms. The number of halogens is 1. The van der Waals surface area contributed by atoms with Gasteiger partial charge in [-0.2, -0.15) is 0 Å². The molecule has 110 valence electrons. The van der Waals surface area contributed by atoms with Crippen molar-refractivity contribution < 1.29 is 4.39 Å². The van der Waals surface area contributed by atoms with Crippen molar-refractivity contribution in [2.45, 2.75) is 25.8 Å². The highest BCUT2D eigenvalue weighted by Gasteiger charge is 2.22. The SMILES string of the molecule is Cc1cc(NC2CCN(c3ncncc3F)CC2)ncn1. The van der Waals surface area contributed by atoms with Crippen LogP contribution in [0.2, 0.25) is 0 Å². The van der Waals surface area contributed by atoms with E-state index in [4.69, 9.17) is 0 Å². The Balaban J connectivity index is 1.59. The van der Waals surface area contributed by atoms with E-state index in [9.17, 15) is 4.39 Å². The van der Waals surface area contributed by atoms with Crippen LogP contribution in [0.25, 0.3) is 0 Å². The van der Waals surface area contributed by atoms with Crippen molar-refractivity contribution in [3.05, 3.63) is 36.4 Å². The van der Waals surface area contributed by atoms with Crippen LogP contribution in [0.4, 0.5) is 16.0 Å². The molecular weight excluding hydrogens is 271 g/mol. The van der Waals surface area contributed by atoms with Gasteiger partial charge in [-0.05, 0) is 19.8 Å². The second-order valence-corrected chi connectivity index (χ2v) is 5.14. The van der Waals surface area contributed by atoms with E-state index in [1.54, 1.807) is 6.33 Å². The van der Waals surface area contributed by atoms with Crippen LogP contribution in [0.1, 0.15) is 18.5 Å². The molecule has 1 saturated heterocycles. The van der Waals surface area contributed by atoms with Crippen molar-refractivity contribution in [3.8, 4) is 0 Å². The Bertz CT molecular complexity index is 612. The number of nitrogens with one attached hydrogen (secondary N) is 1. The average Bonchev–Trinajstić information content (AvgIpc) is 2.49. The highest BCUT2D eigenvalue weighted by Crippen LogP contribution is 2.21. The van der Waals surface area contributed by atoms with Gasteiger partial charge in [0.1, 0.15) is 18.5 Å². The fourth-order valence-electron chi connectivity index (χ4n) is 2.52. The summed E-state index contributed by atoms with van der Waals surface area (Å²) < 4.78 is 13.7. The van der Waals surface area contributed by atoms with Gasteiger partial charge in [0.15, 0.2) is 11.6 Å². The first-order chi connectivity index (χ1) is 10.2. The van der Waals surface area contributed by atoms with E-state index < -0.39 is 0 Å². The minimum Gasteiger partial charge on any atom is -0.367 e. The van der Waals surface area contributed by atoms with Gasteiger partial charge in [-0.1, -0.05) is 0 Å². The summed E-state index contributed by atoms with van der Waals surface area (Å²) in [5.74, 6) is 0.867. The molecule has 7 heteroatoms. The highest BCUT2D eigenvalue weighted by atomic mass is 19.1. The maximum absolute atomic E-state index is 13.7. The standard InChI is InChI=1S/C14H17FN6/c1-10-6-13(18-9-17-10)20-11-2-4-21(5-3-11)14-12(15)7-16-8-19-14/h6-9,11H,2-5H2,1H3,(H,17,18,20). The Morgan fingerprint density at radius 3 is 2.71 bits per heavy atom. The predicted molar refractivity (Wildman–Crippen MR) is 77.6 cm³/mol. The summed E-state index contributed by atoms with van der Waals surface area (Å²) in [7, 11) is 0. The summed E-state index contributed by atoms with van der Waals surface area (Å²) in [4.78, 5) is 17.9. The molecule has 1 N–H and O–H groups in total. The van der Waals surface area contributed by atoms with Crippen molar-refractivity contribution in [3.63, 3.8) is 0 Å². The zero-order valence-corrected chi connectivity index (χ0v) is 11.8. The molecule has 0 atom stereocenters. The third kappa shape index (κ3) is 3.24. The number of piperidine rings is 1. The predicted octanol–water partition coefficient (Wildman–Crippen LogP) is 1.80. The van der Waals surface area contributed by atoms with Gasteiger partial charge < -0.3 is 10.2 Å². The maximum atomic E-state index is 13.7. The van der Waals surface area contributed by atoms with Gasteiger partial charge in [0.2, 0.25) is 0 Å². The van der Waals surface area contributed by atoms with E-state index in [1.165, 1.54) is 12.5 Å². The van der Waals surface area contributed by atoms with E-state index >= 15 is 0 Å². The molecule has 0 unspecified atom stereocenters. The van der Waals surface area contributed by atoms with Gasteiger partial charge in [0.25, 0.3) is 0 Å². The fraction of sp³-hybridized carbons (Fsp3) is 0.429. The number of aromatic nitrogens is 4. The molecule has 0 radical (unpaired) electrons. The fourth-order valence-corrected chi connectivity index (χ4v) is 2.52. The Morgan fingerprint density at radius 1 is 1.19 bits per heavy atom. The molecule has 1 aliphatic rings. The number of anilines is 2. The topological polar surface area (TPSA) is 66.8 Å². The highest BCUT2D eigenvalue weighted by molar-refractivity contribution is 5.40. The first-order valence-electron chi connectivity index (χ1n) is 6.98. The molecule has 1 fully saturated rings. The normalized spacial score (nSPS) is 16.0. The Morgan fingerprint density at radius 2 is 2.00 bits per heavy atom. The molecule has 0 aromatic carbocycles. The zero-order chi connectivity index (χ0) is 14.7. The minimum atomic E-state index is -0.365. The minimum absolute atomic E-state index is 0.334. The quantitative estimate of drug-likeness (QED) is 0.929. The third-order valence-corrected chi connectivity index (χ3v) is 3.60. The van der Waals surface area contributed by atoms with Crippen LogP contribution in [0.5, 0.6) is 0 Å². The number of rotatable bonds is 3. The van der Waals surface area contributed by atoms with Crippen molar-refractivity contribution in [2.24, 2.45) is 0 Å². The van der Waals surface area contributed by atoms with Gasteiger partial charge in [-0.3, -0.25) is 0 Å². The lowest BCUT2D eigenvalue weighted by molar-refractivity contribution is 0.509. The monoisotopic (exact) mass is 288 g/mol. The smallest absolute Gasteiger partial charge is 0.183 e. The number of nitrogens with zero attached hydrogens (tertiary/aromatic N) is 5. The molecule has 3 rings (SSSR count). The molecule has 1 aliphatic heterocycles. The first kappa shape index (κ1) is 13.7. The van der Waals surface area contributed by atoms with Gasteiger partial charge in [0.05, 0.1) is 6.20 Å². The third-order valence-electron chi connectivity index (χ3n) is 3.60. The Hall–Kier alpha value is -2.31. The maximum Gasteiger partial charge on any atom is 0.183 e. The molecule has 3 heterocycles. The zero-order valence-electron chi connectivity index (χ0n) is 11.8. The van der Waals surface area contributed by atoms with Gasteiger partial charge in [-0.15, -0.1) is 0 Å². The van der Waals surface area contributed by atoms with Crippen LogP contribution in [-0.4, -0.2) is 39.1 Å². The van der Waals surface area contributed by atoms with E-state index in [0.29, 0.717) is 11.9 Å². The summed E-state index contributed by atoms with van der Waals surface area (Å²) in [6.07, 6.45) is 5.96. The average molecular weight is 288 g/mol. The van der Waals surface area contributed by atoms with E-state index in [2.05, 4.69) is 25.3 Å². The summed E-state index contributed by atoms with van der Waals surface area (Å²) in [6, 6.07) is 2.26. The summed E-state index contributed by atoms with van der Waals surface area (Å²) >= 11 is 0. The van der Waals surface area contributed by atoms with Crippen LogP contribution < -0.4 is 10.2 Å². The number of hydrogen-bond acceptors (Lipinski definition) is 6. The molecule has 6 nitrogen and oxygen atoms in total. The molecule has 2 aromatic heterocycles. The Labute approximate surface area is 122 Å². The molecule has 0 saturated carbocycles. The largest absolute Gasteiger partial charge is 0.367 e. The molecule has 0 amide bonds. The van der Waals surface area contributed by atoms with Gasteiger partial charge in [0, 0.05) is 30.9 Å². The summed E-state index contributed by atoms with van der Waals surface area (Å²) in [5.41, 5.74) is 0.938. The van der Waals surface area contributed by atoms with Crippen molar-refractivity contribution in [1.82, 2.24) is 19.9 Å². The first-order valence-corrected chi connectivity index (χ1v) is 6.98. The van der Waals surface area contributed by atoms with E-state index in [1.807, 2.05) is 17.9 Å². The van der Waals surface area contributed by atoms with Crippen LogP contribution >= 0.6 is 0 Å². The van der Waals surface area contributed by atoms with E-state index in [-0.39, 0.29) is 5.82 Å². The van der Waals surface area contributed by atoms with Crippen molar-refractivity contribution in [1.29, 1.82) is 0 Å². The van der Waals surface area contributed by atoms with Crippen LogP contribution in [0.15, 0.2) is 24.9 Å². The molecule has 0 bridgehead atoms. The molecule has 2 aromatic rings. The summed E-state index contributed by atoms with van der Waals surface area (Å²) in [6.45, 7) is 3.46. The summed E-state index contributed by atoms with van der Waals surface area (Å²) in [5, 5.41) is 3.40. The van der Waals surface area contributed by atoms with Crippen molar-refractivity contribution >= 4 is 11.6 Å². The molecule has 21 heavy (non-hydrogen) atoms. The van der Waals surface area contributed by atoms with Crippen LogP contribution in [-0.2, 0) is 0 Å².